The van der Waals surface area contributed by atoms with E-state index in [4.69, 9.17) is 9.47 Å². The Morgan fingerprint density at radius 3 is 2.67 bits per heavy atom. The second-order valence-corrected chi connectivity index (χ2v) is 5.88. The molecule has 3 heteroatoms. The summed E-state index contributed by atoms with van der Waals surface area (Å²) in [5.41, 5.74) is 2.77. The van der Waals surface area contributed by atoms with Crippen LogP contribution in [-0.2, 0) is 16.0 Å². The Hall–Kier alpha value is -1.51. The third-order valence-electron chi connectivity index (χ3n) is 4.68. The number of hydrogen-bond acceptors (Lipinski definition) is 3. The van der Waals surface area contributed by atoms with Crippen LogP contribution < -0.4 is 4.74 Å². The molecule has 1 saturated carbocycles. The summed E-state index contributed by atoms with van der Waals surface area (Å²) in [6, 6.07) is 6.38. The topological polar surface area (TPSA) is 35.5 Å². The molecule has 0 saturated heterocycles. The van der Waals surface area contributed by atoms with Crippen LogP contribution in [0.3, 0.4) is 0 Å². The molecular weight excluding hydrogens is 264 g/mol. The van der Waals surface area contributed by atoms with Crippen LogP contribution >= 0.6 is 0 Å². The van der Waals surface area contributed by atoms with Crippen molar-refractivity contribution in [3.63, 3.8) is 0 Å². The van der Waals surface area contributed by atoms with Crippen molar-refractivity contribution in [2.45, 2.75) is 45.4 Å². The predicted octanol–water partition coefficient (Wildman–Crippen LogP) is 3.95. The van der Waals surface area contributed by atoms with E-state index in [1.165, 1.54) is 18.2 Å². The third kappa shape index (κ3) is 3.58. The fraction of sp³-hybridized carbons (Fsp3) is 0.611. The van der Waals surface area contributed by atoms with Crippen molar-refractivity contribution in [3.8, 4) is 5.75 Å². The summed E-state index contributed by atoms with van der Waals surface area (Å²) >= 11 is 0. The molecule has 0 heterocycles. The molecule has 0 bridgehead atoms. The molecule has 3 nitrogen and oxygen atoms in total. The van der Waals surface area contributed by atoms with E-state index in [0.717, 1.165) is 31.4 Å². The SMILES string of the molecule is CCc1cc(OC)ccc1C(CC)CC1CC1C(=O)OC. The standard InChI is InChI=1S/C18H26O3/c1-5-12(9-14-11-17(14)18(19)21-4)16-8-7-15(20-3)10-13(16)6-2/h7-8,10,12,14,17H,5-6,9,11H2,1-4H3. The molecule has 3 unspecified atom stereocenters. The van der Waals surface area contributed by atoms with Crippen molar-refractivity contribution in [1.29, 1.82) is 0 Å². The van der Waals surface area contributed by atoms with Gasteiger partial charge in [0.1, 0.15) is 5.75 Å². The molecule has 2 rings (SSSR count). The Morgan fingerprint density at radius 2 is 2.10 bits per heavy atom. The first-order chi connectivity index (χ1) is 10.1. The summed E-state index contributed by atoms with van der Waals surface area (Å²) in [6.45, 7) is 4.41. The molecule has 1 aliphatic carbocycles. The summed E-state index contributed by atoms with van der Waals surface area (Å²) in [5, 5.41) is 0. The number of rotatable bonds is 7. The zero-order valence-electron chi connectivity index (χ0n) is 13.5. The average molecular weight is 290 g/mol. The highest BCUT2D eigenvalue weighted by Gasteiger charge is 2.44. The number of carbonyl (C=O) groups excluding carboxylic acids is 1. The van der Waals surface area contributed by atoms with E-state index in [0.29, 0.717) is 11.8 Å². The second kappa shape index (κ2) is 6.97. The summed E-state index contributed by atoms with van der Waals surface area (Å²) < 4.78 is 10.2. The maximum Gasteiger partial charge on any atom is 0.308 e. The highest BCUT2D eigenvalue weighted by molar-refractivity contribution is 5.75. The Morgan fingerprint density at radius 1 is 1.33 bits per heavy atom. The van der Waals surface area contributed by atoms with Crippen molar-refractivity contribution in [3.05, 3.63) is 29.3 Å². The lowest BCUT2D eigenvalue weighted by atomic mass is 9.86. The van der Waals surface area contributed by atoms with Crippen molar-refractivity contribution in [2.75, 3.05) is 14.2 Å². The minimum absolute atomic E-state index is 0.0414. The van der Waals surface area contributed by atoms with Crippen LogP contribution in [0.15, 0.2) is 18.2 Å². The number of aryl methyl sites for hydroxylation is 1. The largest absolute Gasteiger partial charge is 0.497 e. The van der Waals surface area contributed by atoms with Crippen LogP contribution in [0.25, 0.3) is 0 Å². The van der Waals surface area contributed by atoms with Crippen LogP contribution in [-0.4, -0.2) is 20.2 Å². The monoisotopic (exact) mass is 290 g/mol. The van der Waals surface area contributed by atoms with Gasteiger partial charge < -0.3 is 9.47 Å². The van der Waals surface area contributed by atoms with Gasteiger partial charge in [0.2, 0.25) is 0 Å². The summed E-state index contributed by atoms with van der Waals surface area (Å²) in [7, 11) is 3.19. The van der Waals surface area contributed by atoms with E-state index in [1.54, 1.807) is 7.11 Å². The summed E-state index contributed by atoms with van der Waals surface area (Å²) in [5.74, 6) is 2.02. The molecule has 0 radical (unpaired) electrons. The van der Waals surface area contributed by atoms with Gasteiger partial charge >= 0.3 is 5.97 Å². The van der Waals surface area contributed by atoms with Crippen LogP contribution in [0.2, 0.25) is 0 Å². The zero-order chi connectivity index (χ0) is 15.4. The van der Waals surface area contributed by atoms with E-state index in [-0.39, 0.29) is 11.9 Å². The Labute approximate surface area is 127 Å². The highest BCUT2D eigenvalue weighted by atomic mass is 16.5. The molecule has 1 aliphatic rings. The second-order valence-electron chi connectivity index (χ2n) is 5.88. The van der Waals surface area contributed by atoms with Crippen LogP contribution in [0, 0.1) is 11.8 Å². The van der Waals surface area contributed by atoms with E-state index >= 15 is 0 Å². The van der Waals surface area contributed by atoms with Gasteiger partial charge in [-0.3, -0.25) is 4.79 Å². The molecule has 1 aromatic rings. The molecule has 21 heavy (non-hydrogen) atoms. The van der Waals surface area contributed by atoms with Crippen LogP contribution in [0.1, 0.15) is 50.2 Å². The number of benzene rings is 1. The first kappa shape index (κ1) is 15.9. The lowest BCUT2D eigenvalue weighted by Gasteiger charge is -2.19. The minimum Gasteiger partial charge on any atom is -0.497 e. The minimum atomic E-state index is -0.0414. The first-order valence-electron chi connectivity index (χ1n) is 7.89. The van der Waals surface area contributed by atoms with Gasteiger partial charge in [-0.25, -0.2) is 0 Å². The van der Waals surface area contributed by atoms with Gasteiger partial charge in [-0.15, -0.1) is 0 Å². The molecule has 1 aromatic carbocycles. The highest BCUT2D eigenvalue weighted by Crippen LogP contribution is 2.47. The maximum atomic E-state index is 11.6. The molecule has 0 N–H and O–H groups in total. The molecule has 3 atom stereocenters. The molecule has 0 aliphatic heterocycles. The maximum absolute atomic E-state index is 11.6. The number of esters is 1. The van der Waals surface area contributed by atoms with E-state index < -0.39 is 0 Å². The number of hydrogen-bond donors (Lipinski definition) is 0. The van der Waals surface area contributed by atoms with Crippen molar-refractivity contribution < 1.29 is 14.3 Å². The zero-order valence-corrected chi connectivity index (χ0v) is 13.5. The summed E-state index contributed by atoms with van der Waals surface area (Å²) in [4.78, 5) is 11.6. The smallest absolute Gasteiger partial charge is 0.308 e. The molecule has 116 valence electrons. The molecule has 0 spiro atoms. The molecule has 0 aromatic heterocycles. The first-order valence-corrected chi connectivity index (χ1v) is 7.89. The van der Waals surface area contributed by atoms with Crippen molar-refractivity contribution in [2.24, 2.45) is 11.8 Å². The normalized spacial score (nSPS) is 21.7. The molecular formula is C18H26O3. The van der Waals surface area contributed by atoms with Gasteiger partial charge in [-0.2, -0.15) is 0 Å². The fourth-order valence-electron chi connectivity index (χ4n) is 3.24. The van der Waals surface area contributed by atoms with Gasteiger partial charge in [0.25, 0.3) is 0 Å². The number of methoxy groups -OCH3 is 2. The lowest BCUT2D eigenvalue weighted by Crippen LogP contribution is -2.08. The Balaban J connectivity index is 2.09. The number of carbonyl (C=O) groups is 1. The number of ether oxygens (including phenoxy) is 2. The average Bonchev–Trinajstić information content (AvgIpc) is 3.30. The Bertz CT molecular complexity index is 495. The Kier molecular flexibility index (Phi) is 5.27. The summed E-state index contributed by atoms with van der Waals surface area (Å²) in [6.07, 6.45) is 4.17. The van der Waals surface area contributed by atoms with Gasteiger partial charge in [0, 0.05) is 0 Å². The van der Waals surface area contributed by atoms with E-state index in [2.05, 4.69) is 26.0 Å². The van der Waals surface area contributed by atoms with Gasteiger partial charge in [0.15, 0.2) is 0 Å². The van der Waals surface area contributed by atoms with Crippen LogP contribution in [0.4, 0.5) is 0 Å². The predicted molar refractivity (Wildman–Crippen MR) is 83.6 cm³/mol. The fourth-order valence-corrected chi connectivity index (χ4v) is 3.24. The van der Waals surface area contributed by atoms with Gasteiger partial charge in [-0.05, 0) is 60.8 Å². The van der Waals surface area contributed by atoms with Gasteiger partial charge in [-0.1, -0.05) is 19.9 Å². The third-order valence-corrected chi connectivity index (χ3v) is 4.68. The van der Waals surface area contributed by atoms with Crippen LogP contribution in [0.5, 0.6) is 5.75 Å². The lowest BCUT2D eigenvalue weighted by molar-refractivity contribution is -0.142. The van der Waals surface area contributed by atoms with Gasteiger partial charge in [0.05, 0.1) is 20.1 Å². The molecule has 0 amide bonds. The van der Waals surface area contributed by atoms with E-state index in [9.17, 15) is 4.79 Å². The quantitative estimate of drug-likeness (QED) is 0.713. The molecule has 1 fully saturated rings. The van der Waals surface area contributed by atoms with Crippen molar-refractivity contribution >= 4 is 5.97 Å². The van der Waals surface area contributed by atoms with E-state index in [1.807, 2.05) is 6.07 Å². The van der Waals surface area contributed by atoms with Crippen molar-refractivity contribution in [1.82, 2.24) is 0 Å².